The lowest BCUT2D eigenvalue weighted by Gasteiger charge is -2.27. The number of guanidine groups is 1. The molecule has 19 heavy (non-hydrogen) atoms. The third kappa shape index (κ3) is 2.56. The lowest BCUT2D eigenvalue weighted by molar-refractivity contribution is 0.770. The second-order valence-corrected chi connectivity index (χ2v) is 3.87. The van der Waals surface area contributed by atoms with E-state index < -0.39 is 0 Å². The summed E-state index contributed by atoms with van der Waals surface area (Å²) in [6, 6.07) is 19.7. The largest absolute Gasteiger partial charge is 0.367 e. The number of hydrazone groups is 1. The predicted octanol–water partition coefficient (Wildman–Crippen LogP) is 2.08. The third-order valence-corrected chi connectivity index (χ3v) is 2.60. The first kappa shape index (κ1) is 13.0. The van der Waals surface area contributed by atoms with Crippen LogP contribution in [-0.2, 0) is 0 Å². The topological polar surface area (TPSA) is 56.9 Å². The van der Waals surface area contributed by atoms with E-state index in [0.29, 0.717) is 5.96 Å². The van der Waals surface area contributed by atoms with Crippen LogP contribution in [0.4, 0.5) is 11.4 Å². The van der Waals surface area contributed by atoms with Crippen LogP contribution in [0.3, 0.4) is 0 Å². The summed E-state index contributed by atoms with van der Waals surface area (Å²) in [7, 11) is 0. The molecule has 0 saturated heterocycles. The number of para-hydroxylation sites is 2. The van der Waals surface area contributed by atoms with Crippen molar-refractivity contribution in [2.75, 3.05) is 10.2 Å². The Morgan fingerprint density at radius 2 is 1.37 bits per heavy atom. The minimum Gasteiger partial charge on any atom is -0.367 e. The van der Waals surface area contributed by atoms with Crippen LogP contribution in [0.1, 0.15) is 0 Å². The molecule has 0 amide bonds. The molecule has 5 nitrogen and oxygen atoms in total. The van der Waals surface area contributed by atoms with E-state index in [0.717, 1.165) is 11.4 Å². The Morgan fingerprint density at radius 1 is 0.842 bits per heavy atom. The summed E-state index contributed by atoms with van der Waals surface area (Å²) in [5, 5.41) is 7.78. The molecule has 0 saturated carbocycles. The molecule has 0 unspecified atom stereocenters. The van der Waals surface area contributed by atoms with E-state index in [1.54, 1.807) is 10.2 Å². The molecule has 2 aromatic carbocycles. The van der Waals surface area contributed by atoms with Gasteiger partial charge in [-0.05, 0) is 24.3 Å². The molecule has 3 rings (SSSR count). The number of benzene rings is 2. The molecule has 0 bridgehead atoms. The number of rotatable bonds is 2. The van der Waals surface area contributed by atoms with E-state index in [9.17, 15) is 0 Å². The van der Waals surface area contributed by atoms with Crippen LogP contribution in [0.2, 0.25) is 0 Å². The van der Waals surface area contributed by atoms with Gasteiger partial charge in [0.25, 0.3) is 0 Å². The molecule has 0 aliphatic carbocycles. The average molecular weight is 276 g/mol. The van der Waals surface area contributed by atoms with Crippen LogP contribution < -0.4 is 21.4 Å². The van der Waals surface area contributed by atoms with Crippen molar-refractivity contribution < 1.29 is 0 Å². The van der Waals surface area contributed by atoms with Crippen LogP contribution in [0.25, 0.3) is 0 Å². The van der Waals surface area contributed by atoms with Crippen molar-refractivity contribution in [3.05, 3.63) is 60.7 Å². The standard InChI is InChI=1S/C13H13N5.ClH/c14-13-15-17(11-7-3-1-4-8-11)18(16-13)12-9-5-2-6-10-12;/h1-10H,(H3,14,15,16);1H. The summed E-state index contributed by atoms with van der Waals surface area (Å²) >= 11 is 0. The molecule has 0 spiro atoms. The minimum atomic E-state index is 0. The van der Waals surface area contributed by atoms with Gasteiger partial charge < -0.3 is 5.73 Å². The number of hydrazine groups is 2. The van der Waals surface area contributed by atoms with Crippen LogP contribution in [0, 0.1) is 0 Å². The van der Waals surface area contributed by atoms with Gasteiger partial charge in [-0.1, -0.05) is 36.4 Å². The maximum atomic E-state index is 5.75. The Balaban J connectivity index is 0.00000133. The fraction of sp³-hybridized carbons (Fsp3) is 0. The average Bonchev–Trinajstić information content (AvgIpc) is 2.83. The number of nitrogens with two attached hydrogens (primary N) is 1. The Morgan fingerprint density at radius 3 is 1.95 bits per heavy atom. The van der Waals surface area contributed by atoms with E-state index >= 15 is 0 Å². The molecule has 0 radical (unpaired) electrons. The second kappa shape index (κ2) is 5.49. The Labute approximate surface area is 117 Å². The van der Waals surface area contributed by atoms with Crippen molar-refractivity contribution in [1.82, 2.24) is 5.43 Å². The molecule has 1 aliphatic rings. The molecule has 1 heterocycles. The van der Waals surface area contributed by atoms with Crippen LogP contribution in [0.5, 0.6) is 0 Å². The highest BCUT2D eigenvalue weighted by Gasteiger charge is 2.23. The van der Waals surface area contributed by atoms with E-state index in [2.05, 4.69) is 10.5 Å². The van der Waals surface area contributed by atoms with E-state index in [4.69, 9.17) is 5.73 Å². The third-order valence-electron chi connectivity index (χ3n) is 2.60. The summed E-state index contributed by atoms with van der Waals surface area (Å²) in [6.45, 7) is 0. The highest BCUT2D eigenvalue weighted by molar-refractivity contribution is 5.85. The number of halogens is 1. The van der Waals surface area contributed by atoms with Gasteiger partial charge in [0.2, 0.25) is 5.96 Å². The van der Waals surface area contributed by atoms with Gasteiger partial charge in [0.1, 0.15) is 0 Å². The lowest BCUT2D eigenvalue weighted by atomic mass is 10.3. The first-order valence-corrected chi connectivity index (χ1v) is 5.65. The van der Waals surface area contributed by atoms with Gasteiger partial charge >= 0.3 is 0 Å². The number of nitrogens with zero attached hydrogens (tertiary/aromatic N) is 3. The number of hydrogen-bond acceptors (Lipinski definition) is 5. The molecular formula is C13H14ClN5. The van der Waals surface area contributed by atoms with E-state index in [-0.39, 0.29) is 12.4 Å². The van der Waals surface area contributed by atoms with Crippen molar-refractivity contribution in [3.8, 4) is 0 Å². The summed E-state index contributed by atoms with van der Waals surface area (Å²) in [5.41, 5.74) is 10.7. The van der Waals surface area contributed by atoms with Gasteiger partial charge in [0, 0.05) is 0 Å². The summed E-state index contributed by atoms with van der Waals surface area (Å²) < 4.78 is 0. The van der Waals surface area contributed by atoms with Gasteiger partial charge in [-0.3, -0.25) is 0 Å². The molecule has 6 heteroatoms. The molecular weight excluding hydrogens is 262 g/mol. The monoisotopic (exact) mass is 275 g/mol. The van der Waals surface area contributed by atoms with Gasteiger partial charge in [0.05, 0.1) is 11.4 Å². The first-order chi connectivity index (χ1) is 8.84. The summed E-state index contributed by atoms with van der Waals surface area (Å²) in [4.78, 5) is 0. The van der Waals surface area contributed by atoms with Crippen molar-refractivity contribution in [2.24, 2.45) is 10.8 Å². The maximum absolute atomic E-state index is 5.75. The minimum absolute atomic E-state index is 0. The lowest BCUT2D eigenvalue weighted by Crippen LogP contribution is -2.46. The summed E-state index contributed by atoms with van der Waals surface area (Å²) in [5.74, 6) is 0.364. The van der Waals surface area contributed by atoms with Crippen molar-refractivity contribution >= 4 is 29.7 Å². The SMILES string of the molecule is Cl.NC1=NN(c2ccccc2)N(c2ccccc2)N1. The zero-order valence-electron chi connectivity index (χ0n) is 10.1. The first-order valence-electron chi connectivity index (χ1n) is 5.65. The highest BCUT2D eigenvalue weighted by atomic mass is 35.5. The van der Waals surface area contributed by atoms with Gasteiger partial charge in [0.15, 0.2) is 0 Å². The molecule has 0 atom stereocenters. The van der Waals surface area contributed by atoms with Gasteiger partial charge in [-0.15, -0.1) is 22.6 Å². The predicted molar refractivity (Wildman–Crippen MR) is 79.8 cm³/mol. The number of anilines is 2. The molecule has 0 fully saturated rings. The molecule has 0 aromatic heterocycles. The normalized spacial score (nSPS) is 13.6. The zero-order valence-corrected chi connectivity index (χ0v) is 10.9. The van der Waals surface area contributed by atoms with E-state index in [1.807, 2.05) is 60.7 Å². The van der Waals surface area contributed by atoms with E-state index in [1.165, 1.54) is 0 Å². The fourth-order valence-corrected chi connectivity index (χ4v) is 1.80. The fourth-order valence-electron chi connectivity index (χ4n) is 1.80. The van der Waals surface area contributed by atoms with Crippen molar-refractivity contribution in [3.63, 3.8) is 0 Å². The van der Waals surface area contributed by atoms with Crippen LogP contribution >= 0.6 is 12.4 Å². The zero-order chi connectivity index (χ0) is 12.4. The van der Waals surface area contributed by atoms with Gasteiger partial charge in [-0.25, -0.2) is 5.43 Å². The number of hydrogen-bond donors (Lipinski definition) is 2. The van der Waals surface area contributed by atoms with Crippen LogP contribution in [0.15, 0.2) is 65.8 Å². The second-order valence-electron chi connectivity index (χ2n) is 3.87. The molecule has 2 aromatic rings. The molecule has 98 valence electrons. The number of nitrogens with one attached hydrogen (secondary N) is 1. The Hall–Kier alpha value is -2.40. The van der Waals surface area contributed by atoms with Gasteiger partial charge in [-0.2, -0.15) is 5.12 Å². The highest BCUT2D eigenvalue weighted by Crippen LogP contribution is 2.23. The molecule has 3 N–H and O–H groups in total. The Kier molecular flexibility index (Phi) is 3.77. The summed E-state index contributed by atoms with van der Waals surface area (Å²) in [6.07, 6.45) is 0. The smallest absolute Gasteiger partial charge is 0.234 e. The van der Waals surface area contributed by atoms with Crippen molar-refractivity contribution in [1.29, 1.82) is 0 Å². The quantitative estimate of drug-likeness (QED) is 0.881. The molecule has 1 aliphatic heterocycles. The van der Waals surface area contributed by atoms with Crippen molar-refractivity contribution in [2.45, 2.75) is 0 Å². The Bertz CT molecular complexity index is 558. The van der Waals surface area contributed by atoms with Crippen LogP contribution in [-0.4, -0.2) is 5.96 Å². The maximum Gasteiger partial charge on any atom is 0.234 e.